The van der Waals surface area contributed by atoms with Gasteiger partial charge in [0.05, 0.1) is 18.5 Å². The summed E-state index contributed by atoms with van der Waals surface area (Å²) in [4.78, 5) is 38.6. The number of H-pyrrole nitrogens is 1. The molecule has 0 spiro atoms. The van der Waals surface area contributed by atoms with Crippen molar-refractivity contribution in [2.24, 2.45) is 0 Å². The van der Waals surface area contributed by atoms with Gasteiger partial charge < -0.3 is 19.8 Å². The molecule has 3 aromatic rings. The van der Waals surface area contributed by atoms with E-state index in [0.717, 1.165) is 0 Å². The van der Waals surface area contributed by atoms with Crippen LogP contribution in [0.25, 0.3) is 5.69 Å². The summed E-state index contributed by atoms with van der Waals surface area (Å²) in [6.07, 6.45) is 1.60. The highest BCUT2D eigenvalue weighted by atomic mass is 16.6. The number of anilines is 1. The molecular formula is C20H19N3O5. The summed E-state index contributed by atoms with van der Waals surface area (Å²) in [5.41, 5.74) is 1.80. The Bertz CT molecular complexity index is 1070. The van der Waals surface area contributed by atoms with Gasteiger partial charge in [-0.05, 0) is 37.3 Å². The average molecular weight is 381 g/mol. The molecule has 2 N–H and O–H groups in total. The monoisotopic (exact) mass is 381 g/mol. The van der Waals surface area contributed by atoms with Gasteiger partial charge in [-0.25, -0.2) is 9.59 Å². The molecule has 0 atom stereocenters. The van der Waals surface area contributed by atoms with Crippen molar-refractivity contribution in [2.45, 2.75) is 6.92 Å². The highest BCUT2D eigenvalue weighted by molar-refractivity contribution is 6.05. The number of carbonyl (C=O) groups is 2. The molecule has 0 saturated heterocycles. The maximum atomic E-state index is 12.7. The van der Waals surface area contributed by atoms with Crippen LogP contribution in [-0.4, -0.2) is 35.1 Å². The molecule has 0 unspecified atom stereocenters. The molecule has 0 saturated carbocycles. The molecule has 1 amide bonds. The van der Waals surface area contributed by atoms with Crippen molar-refractivity contribution in [3.05, 3.63) is 76.5 Å². The Hall–Kier alpha value is -3.81. The molecule has 1 heterocycles. The predicted molar refractivity (Wildman–Crippen MR) is 103 cm³/mol. The second kappa shape index (κ2) is 8.26. The van der Waals surface area contributed by atoms with Crippen LogP contribution in [0.3, 0.4) is 0 Å². The topological polar surface area (TPSA) is 102 Å². The third kappa shape index (κ3) is 4.12. The molecule has 0 fully saturated rings. The molecule has 28 heavy (non-hydrogen) atoms. The van der Waals surface area contributed by atoms with Crippen molar-refractivity contribution in [1.29, 1.82) is 0 Å². The average Bonchev–Trinajstić information content (AvgIpc) is 3.05. The zero-order valence-corrected chi connectivity index (χ0v) is 15.4. The van der Waals surface area contributed by atoms with E-state index in [2.05, 4.69) is 15.0 Å². The van der Waals surface area contributed by atoms with Gasteiger partial charge >= 0.3 is 11.7 Å². The van der Waals surface area contributed by atoms with Crippen LogP contribution in [-0.2, 0) is 9.53 Å². The van der Waals surface area contributed by atoms with Gasteiger partial charge in [0.2, 0.25) is 0 Å². The minimum Gasteiger partial charge on any atom is -0.482 e. The number of aromatic nitrogens is 2. The van der Waals surface area contributed by atoms with E-state index in [1.165, 1.54) is 17.7 Å². The SMILES string of the molecule is COC(=O)COc1cccc(C(=O)Nc2ccccc2-n2c(C)c[nH]c2=O)c1. The molecule has 0 radical (unpaired) electrons. The molecule has 0 aliphatic heterocycles. The largest absolute Gasteiger partial charge is 0.482 e. The number of amides is 1. The van der Waals surface area contributed by atoms with Crippen LogP contribution in [0.2, 0.25) is 0 Å². The van der Waals surface area contributed by atoms with E-state index in [1.807, 2.05) is 0 Å². The van der Waals surface area contributed by atoms with Crippen LogP contribution in [0.15, 0.2) is 59.5 Å². The van der Waals surface area contributed by atoms with E-state index in [4.69, 9.17) is 4.74 Å². The van der Waals surface area contributed by atoms with Crippen LogP contribution < -0.4 is 15.7 Å². The molecule has 0 aliphatic carbocycles. The molecule has 8 nitrogen and oxygen atoms in total. The van der Waals surface area contributed by atoms with Crippen LogP contribution in [0.1, 0.15) is 16.1 Å². The standard InChI is InChI=1S/C20H19N3O5/c1-13-11-21-20(26)23(13)17-9-4-3-8-16(17)22-19(25)14-6-5-7-15(10-14)28-12-18(24)27-2/h3-11H,12H2,1-2H3,(H,21,26)(H,22,25). The number of nitrogens with zero attached hydrogens (tertiary/aromatic N) is 1. The second-order valence-electron chi connectivity index (χ2n) is 5.93. The van der Waals surface area contributed by atoms with Gasteiger partial charge in [-0.2, -0.15) is 0 Å². The number of hydrogen-bond donors (Lipinski definition) is 2. The first-order chi connectivity index (χ1) is 13.5. The maximum Gasteiger partial charge on any atom is 0.343 e. The lowest BCUT2D eigenvalue weighted by molar-refractivity contribution is -0.142. The van der Waals surface area contributed by atoms with Gasteiger partial charge in [0.15, 0.2) is 6.61 Å². The fourth-order valence-electron chi connectivity index (χ4n) is 2.65. The van der Waals surface area contributed by atoms with Crippen molar-refractivity contribution in [3.63, 3.8) is 0 Å². The Labute approximate surface area is 160 Å². The van der Waals surface area contributed by atoms with Gasteiger partial charge in [-0.3, -0.25) is 9.36 Å². The Morgan fingerprint density at radius 1 is 1.14 bits per heavy atom. The number of para-hydroxylation sites is 2. The summed E-state index contributed by atoms with van der Waals surface area (Å²) in [6, 6.07) is 13.4. The number of hydrogen-bond acceptors (Lipinski definition) is 5. The highest BCUT2D eigenvalue weighted by Crippen LogP contribution is 2.21. The molecule has 2 aromatic carbocycles. The number of aryl methyl sites for hydroxylation is 1. The molecule has 0 aliphatic rings. The predicted octanol–water partition coefficient (Wildman–Crippen LogP) is 2.28. The normalized spacial score (nSPS) is 10.4. The number of esters is 1. The molecule has 144 valence electrons. The molecular weight excluding hydrogens is 362 g/mol. The van der Waals surface area contributed by atoms with E-state index in [9.17, 15) is 14.4 Å². The van der Waals surface area contributed by atoms with Crippen molar-refractivity contribution >= 4 is 17.6 Å². The first kappa shape index (κ1) is 19.0. The summed E-state index contributed by atoms with van der Waals surface area (Å²) in [5.74, 6) is -0.530. The van der Waals surface area contributed by atoms with Gasteiger partial charge in [0, 0.05) is 17.5 Å². The summed E-state index contributed by atoms with van der Waals surface area (Å²) in [7, 11) is 1.27. The zero-order chi connectivity index (χ0) is 20.1. The quantitative estimate of drug-likeness (QED) is 0.638. The Morgan fingerprint density at radius 2 is 1.93 bits per heavy atom. The number of methoxy groups -OCH3 is 1. The second-order valence-corrected chi connectivity index (χ2v) is 5.93. The van der Waals surface area contributed by atoms with Crippen LogP contribution in [0.5, 0.6) is 5.75 Å². The summed E-state index contributed by atoms with van der Waals surface area (Å²) in [5, 5.41) is 2.81. The maximum absolute atomic E-state index is 12.7. The summed E-state index contributed by atoms with van der Waals surface area (Å²) < 4.78 is 11.3. The lowest BCUT2D eigenvalue weighted by Gasteiger charge is -2.13. The first-order valence-electron chi connectivity index (χ1n) is 8.47. The highest BCUT2D eigenvalue weighted by Gasteiger charge is 2.14. The van der Waals surface area contributed by atoms with Crippen molar-refractivity contribution in [3.8, 4) is 11.4 Å². The van der Waals surface area contributed by atoms with Gasteiger partial charge in [0.25, 0.3) is 5.91 Å². The third-order valence-electron chi connectivity index (χ3n) is 4.03. The molecule has 3 rings (SSSR count). The molecule has 1 aromatic heterocycles. The summed E-state index contributed by atoms with van der Waals surface area (Å²) in [6.45, 7) is 1.54. The van der Waals surface area contributed by atoms with E-state index in [-0.39, 0.29) is 18.2 Å². The first-order valence-corrected chi connectivity index (χ1v) is 8.47. The number of benzene rings is 2. The minimum atomic E-state index is -0.518. The van der Waals surface area contributed by atoms with E-state index < -0.39 is 5.97 Å². The fourth-order valence-corrected chi connectivity index (χ4v) is 2.65. The van der Waals surface area contributed by atoms with Gasteiger partial charge in [-0.1, -0.05) is 18.2 Å². The lowest BCUT2D eigenvalue weighted by atomic mass is 10.2. The third-order valence-corrected chi connectivity index (χ3v) is 4.03. The molecule has 0 bridgehead atoms. The fraction of sp³-hybridized carbons (Fsp3) is 0.150. The summed E-state index contributed by atoms with van der Waals surface area (Å²) >= 11 is 0. The number of imidazole rings is 1. The Balaban J connectivity index is 1.83. The van der Waals surface area contributed by atoms with E-state index in [1.54, 1.807) is 55.6 Å². The Morgan fingerprint density at radius 3 is 2.64 bits per heavy atom. The van der Waals surface area contributed by atoms with Crippen molar-refractivity contribution in [1.82, 2.24) is 9.55 Å². The Kier molecular flexibility index (Phi) is 5.59. The van der Waals surface area contributed by atoms with Crippen LogP contribution in [0, 0.1) is 6.92 Å². The van der Waals surface area contributed by atoms with E-state index in [0.29, 0.717) is 28.4 Å². The van der Waals surface area contributed by atoms with Crippen LogP contribution >= 0.6 is 0 Å². The number of aromatic amines is 1. The number of rotatable bonds is 6. The van der Waals surface area contributed by atoms with Crippen LogP contribution in [0.4, 0.5) is 5.69 Å². The zero-order valence-electron chi connectivity index (χ0n) is 15.4. The molecule has 8 heteroatoms. The van der Waals surface area contributed by atoms with Crippen molar-refractivity contribution < 1.29 is 19.1 Å². The van der Waals surface area contributed by atoms with Gasteiger partial charge in [-0.15, -0.1) is 0 Å². The van der Waals surface area contributed by atoms with Crippen molar-refractivity contribution in [2.75, 3.05) is 19.0 Å². The number of nitrogens with one attached hydrogen (secondary N) is 2. The minimum absolute atomic E-state index is 0.250. The van der Waals surface area contributed by atoms with Gasteiger partial charge in [0.1, 0.15) is 5.75 Å². The lowest BCUT2D eigenvalue weighted by Crippen LogP contribution is -2.19. The number of ether oxygens (including phenoxy) is 2. The smallest absolute Gasteiger partial charge is 0.343 e. The number of carbonyl (C=O) groups excluding carboxylic acids is 2. The van der Waals surface area contributed by atoms with E-state index >= 15 is 0 Å².